The van der Waals surface area contributed by atoms with E-state index in [1.165, 1.54) is 0 Å². The van der Waals surface area contributed by atoms with Crippen LogP contribution in [0.5, 0.6) is 11.6 Å². The van der Waals surface area contributed by atoms with E-state index >= 15 is 0 Å². The third kappa shape index (κ3) is 2.62. The molecular formula is C19H20N4O3. The van der Waals surface area contributed by atoms with Gasteiger partial charge in [0.25, 0.3) is 0 Å². The molecule has 0 fully saturated rings. The zero-order valence-electron chi connectivity index (χ0n) is 14.1. The summed E-state index contributed by atoms with van der Waals surface area (Å²) in [7, 11) is 0. The Hall–Kier alpha value is -3.19. The Balaban J connectivity index is 1.71. The number of aryl methyl sites for hydroxylation is 1. The maximum absolute atomic E-state index is 10.5. The van der Waals surface area contributed by atoms with Crippen molar-refractivity contribution in [1.29, 1.82) is 0 Å². The maximum atomic E-state index is 10.5. The van der Waals surface area contributed by atoms with Crippen molar-refractivity contribution in [3.8, 4) is 22.8 Å². The van der Waals surface area contributed by atoms with Crippen molar-refractivity contribution in [3.63, 3.8) is 0 Å². The third-order valence-corrected chi connectivity index (χ3v) is 4.68. The molecule has 0 saturated heterocycles. The fourth-order valence-electron chi connectivity index (χ4n) is 3.44. The summed E-state index contributed by atoms with van der Waals surface area (Å²) in [6, 6.07) is 7.72. The number of imidazole rings is 1. The number of rotatable bonds is 6. The van der Waals surface area contributed by atoms with Crippen LogP contribution in [0.4, 0.5) is 0 Å². The van der Waals surface area contributed by atoms with Gasteiger partial charge in [-0.05, 0) is 12.5 Å². The van der Waals surface area contributed by atoms with E-state index in [1.54, 1.807) is 23.3 Å². The molecule has 7 heteroatoms. The van der Waals surface area contributed by atoms with Gasteiger partial charge in [0.15, 0.2) is 5.75 Å². The number of hydrogen-bond acceptors (Lipinski definition) is 4. The van der Waals surface area contributed by atoms with E-state index in [0.29, 0.717) is 17.8 Å². The highest BCUT2D eigenvalue weighted by molar-refractivity contribution is 5.98. The summed E-state index contributed by atoms with van der Waals surface area (Å²) in [5.41, 5.74) is 2.64. The van der Waals surface area contributed by atoms with Crippen molar-refractivity contribution in [2.24, 2.45) is 0 Å². The number of aliphatic hydroxyl groups is 1. The lowest BCUT2D eigenvalue weighted by Gasteiger charge is -2.10. The number of aromatic nitrogens is 4. The molecule has 0 aliphatic heterocycles. The number of H-pyrrole nitrogens is 1. The van der Waals surface area contributed by atoms with Crippen LogP contribution < -0.4 is 0 Å². The number of hydrogen-bond donors (Lipinski definition) is 4. The lowest BCUT2D eigenvalue weighted by Crippen LogP contribution is -2.06. The molecule has 0 saturated carbocycles. The van der Waals surface area contributed by atoms with Crippen LogP contribution >= 0.6 is 0 Å². The number of aromatic hydroxyl groups is 2. The third-order valence-electron chi connectivity index (χ3n) is 4.68. The quantitative estimate of drug-likeness (QED) is 0.429. The van der Waals surface area contributed by atoms with Gasteiger partial charge in [0.1, 0.15) is 0 Å². The number of nitrogens with one attached hydrogen (secondary N) is 1. The molecule has 3 heterocycles. The molecule has 0 unspecified atom stereocenters. The smallest absolute Gasteiger partial charge is 0.235 e. The van der Waals surface area contributed by atoms with Gasteiger partial charge in [0.05, 0.1) is 24.2 Å². The fraction of sp³-hybridized carbons (Fsp3) is 0.211. The van der Waals surface area contributed by atoms with Crippen molar-refractivity contribution in [3.05, 3.63) is 54.9 Å². The zero-order valence-corrected chi connectivity index (χ0v) is 14.1. The second kappa shape index (κ2) is 6.61. The predicted molar refractivity (Wildman–Crippen MR) is 97.8 cm³/mol. The summed E-state index contributed by atoms with van der Waals surface area (Å²) in [6.45, 7) is 0.912. The summed E-state index contributed by atoms with van der Waals surface area (Å²) in [5.74, 6) is -0.429. The second-order valence-corrected chi connectivity index (χ2v) is 6.21. The molecule has 0 aliphatic carbocycles. The molecule has 0 spiro atoms. The molecule has 134 valence electrons. The van der Waals surface area contributed by atoms with Gasteiger partial charge in [-0.1, -0.05) is 18.2 Å². The largest absolute Gasteiger partial charge is 0.503 e. The number of nitrogens with zero attached hydrogens (tertiary/aromatic N) is 3. The first-order chi connectivity index (χ1) is 12.7. The van der Waals surface area contributed by atoms with E-state index in [1.807, 2.05) is 35.0 Å². The van der Waals surface area contributed by atoms with Gasteiger partial charge in [-0.3, -0.25) is 0 Å². The van der Waals surface area contributed by atoms with Crippen LogP contribution in [0.3, 0.4) is 0 Å². The highest BCUT2D eigenvalue weighted by atomic mass is 16.3. The summed E-state index contributed by atoms with van der Waals surface area (Å²) >= 11 is 0. The Morgan fingerprint density at radius 1 is 1.12 bits per heavy atom. The first-order valence-corrected chi connectivity index (χ1v) is 8.47. The maximum Gasteiger partial charge on any atom is 0.235 e. The molecule has 0 bridgehead atoms. The minimum atomic E-state index is -0.284. The van der Waals surface area contributed by atoms with Crippen molar-refractivity contribution in [2.75, 3.05) is 0 Å². The zero-order chi connectivity index (χ0) is 18.1. The molecule has 0 atom stereocenters. The molecule has 4 aromatic rings. The number of benzene rings is 1. The van der Waals surface area contributed by atoms with E-state index < -0.39 is 0 Å². The lowest BCUT2D eigenvalue weighted by molar-refractivity contribution is 0.266. The number of fused-ring (bicyclic) bond motifs is 1. The minimum Gasteiger partial charge on any atom is -0.503 e. The van der Waals surface area contributed by atoms with E-state index in [9.17, 15) is 15.3 Å². The summed E-state index contributed by atoms with van der Waals surface area (Å²) < 4.78 is 3.52. The normalized spacial score (nSPS) is 11.4. The number of para-hydroxylation sites is 1. The Morgan fingerprint density at radius 2 is 1.96 bits per heavy atom. The van der Waals surface area contributed by atoms with Crippen LogP contribution in [-0.2, 0) is 19.7 Å². The Kier molecular flexibility index (Phi) is 4.14. The van der Waals surface area contributed by atoms with Crippen LogP contribution in [0, 0.1) is 0 Å². The van der Waals surface area contributed by atoms with Crippen LogP contribution in [0.1, 0.15) is 12.1 Å². The molecule has 0 aliphatic rings. The van der Waals surface area contributed by atoms with Gasteiger partial charge in [-0.2, -0.15) is 0 Å². The summed E-state index contributed by atoms with van der Waals surface area (Å²) in [5, 5.41) is 31.8. The van der Waals surface area contributed by atoms with E-state index in [4.69, 9.17) is 0 Å². The van der Waals surface area contributed by atoms with Crippen molar-refractivity contribution in [2.45, 2.75) is 26.1 Å². The Bertz CT molecular complexity index is 1030. The average Bonchev–Trinajstić information content (AvgIpc) is 3.36. The highest BCUT2D eigenvalue weighted by Gasteiger charge is 2.24. The molecule has 0 amide bonds. The molecule has 1 aromatic carbocycles. The van der Waals surface area contributed by atoms with Crippen LogP contribution in [0.2, 0.25) is 0 Å². The standard InChI is InChI=1S/C19H20N4O3/c24-11-16-17(14-10-21-15-5-2-1-4-13(14)15)18(25)19(26)23(16)8-3-7-22-9-6-20-12-22/h1-2,4-6,9-10,12,21,24-26H,3,7-8,11H2. The van der Waals surface area contributed by atoms with E-state index in [0.717, 1.165) is 29.4 Å². The van der Waals surface area contributed by atoms with Crippen LogP contribution in [-0.4, -0.2) is 34.4 Å². The summed E-state index contributed by atoms with van der Waals surface area (Å²) in [4.78, 5) is 7.17. The van der Waals surface area contributed by atoms with Gasteiger partial charge < -0.3 is 29.4 Å². The fourth-order valence-corrected chi connectivity index (χ4v) is 3.44. The number of aliphatic hydroxyl groups excluding tert-OH is 1. The Labute approximate surface area is 149 Å². The SMILES string of the molecule is OCc1c(-c2c[nH]c3ccccc23)c(O)c(O)n1CCCn1ccnc1. The van der Waals surface area contributed by atoms with Crippen LogP contribution in [0.25, 0.3) is 22.0 Å². The molecular weight excluding hydrogens is 332 g/mol. The topological polar surface area (TPSA) is 99.2 Å². The lowest BCUT2D eigenvalue weighted by atomic mass is 10.0. The van der Waals surface area contributed by atoms with Gasteiger partial charge in [0, 0.05) is 48.1 Å². The number of aromatic amines is 1. The van der Waals surface area contributed by atoms with Gasteiger partial charge in [-0.25, -0.2) is 4.98 Å². The predicted octanol–water partition coefficient (Wildman–Crippen LogP) is 2.83. The first-order valence-electron chi connectivity index (χ1n) is 8.47. The van der Waals surface area contributed by atoms with Crippen molar-refractivity contribution in [1.82, 2.24) is 19.1 Å². The monoisotopic (exact) mass is 352 g/mol. The molecule has 4 N–H and O–H groups in total. The van der Waals surface area contributed by atoms with Crippen molar-refractivity contribution >= 4 is 10.9 Å². The highest BCUT2D eigenvalue weighted by Crippen LogP contribution is 2.44. The molecule has 0 radical (unpaired) electrons. The second-order valence-electron chi connectivity index (χ2n) is 6.21. The Morgan fingerprint density at radius 3 is 2.73 bits per heavy atom. The van der Waals surface area contributed by atoms with Gasteiger partial charge in [0.2, 0.25) is 5.88 Å². The molecule has 26 heavy (non-hydrogen) atoms. The van der Waals surface area contributed by atoms with E-state index in [2.05, 4.69) is 9.97 Å². The van der Waals surface area contributed by atoms with E-state index in [-0.39, 0.29) is 18.2 Å². The van der Waals surface area contributed by atoms with Crippen LogP contribution in [0.15, 0.2) is 49.2 Å². The summed E-state index contributed by atoms with van der Waals surface area (Å²) in [6.07, 6.45) is 7.83. The van der Waals surface area contributed by atoms with Gasteiger partial charge >= 0.3 is 0 Å². The van der Waals surface area contributed by atoms with Gasteiger partial charge in [-0.15, -0.1) is 0 Å². The molecule has 3 aromatic heterocycles. The average molecular weight is 352 g/mol. The first kappa shape index (κ1) is 16.3. The molecule has 4 rings (SSSR count). The van der Waals surface area contributed by atoms with Crippen molar-refractivity contribution < 1.29 is 15.3 Å². The minimum absolute atomic E-state index is 0.207. The molecule has 7 nitrogen and oxygen atoms in total.